The van der Waals surface area contributed by atoms with Gasteiger partial charge in [-0.15, -0.1) is 22.7 Å². The third-order valence-electron chi connectivity index (χ3n) is 4.34. The molecule has 124 valence electrons. The van der Waals surface area contributed by atoms with E-state index in [9.17, 15) is 4.79 Å². The Bertz CT molecular complexity index is 898. The molecular weight excluding hydrogens is 336 g/mol. The lowest BCUT2D eigenvalue weighted by molar-refractivity contribution is -0.123. The molecule has 1 amide bonds. The van der Waals surface area contributed by atoms with Crippen molar-refractivity contribution in [3.05, 3.63) is 34.7 Å². The average molecular weight is 357 g/mol. The zero-order valence-corrected chi connectivity index (χ0v) is 15.7. The molecule has 0 aliphatic heterocycles. The molecule has 1 N–H and O–H groups in total. The van der Waals surface area contributed by atoms with Crippen LogP contribution in [0.5, 0.6) is 0 Å². The van der Waals surface area contributed by atoms with Crippen LogP contribution in [0.15, 0.2) is 24.3 Å². The first-order valence-corrected chi connectivity index (χ1v) is 9.89. The second kappa shape index (κ2) is 5.67. The second-order valence-electron chi connectivity index (χ2n) is 7.25. The molecular formula is C19H20N2OS2. The summed E-state index contributed by atoms with van der Waals surface area (Å²) in [6.07, 6.45) is 3.40. The van der Waals surface area contributed by atoms with Crippen LogP contribution in [0.4, 0.5) is 5.00 Å². The molecule has 0 fully saturated rings. The van der Waals surface area contributed by atoms with E-state index in [0.29, 0.717) is 0 Å². The maximum Gasteiger partial charge on any atom is 0.230 e. The lowest BCUT2D eigenvalue weighted by Crippen LogP contribution is -2.27. The van der Waals surface area contributed by atoms with Crippen molar-refractivity contribution in [2.24, 2.45) is 5.41 Å². The highest BCUT2D eigenvalue weighted by Crippen LogP contribution is 2.47. The smallest absolute Gasteiger partial charge is 0.230 e. The molecule has 0 spiro atoms. The zero-order valence-electron chi connectivity index (χ0n) is 14.1. The Morgan fingerprint density at radius 3 is 2.71 bits per heavy atom. The molecule has 0 saturated heterocycles. The van der Waals surface area contributed by atoms with Gasteiger partial charge in [0.15, 0.2) is 0 Å². The van der Waals surface area contributed by atoms with Gasteiger partial charge in [0.25, 0.3) is 0 Å². The Kier molecular flexibility index (Phi) is 3.73. The normalized spacial score (nSPS) is 14.1. The Morgan fingerprint density at radius 2 is 1.96 bits per heavy atom. The lowest BCUT2D eigenvalue weighted by atomic mass is 9.96. The van der Waals surface area contributed by atoms with Crippen molar-refractivity contribution in [3.8, 4) is 10.6 Å². The number of thiazole rings is 1. The van der Waals surface area contributed by atoms with Crippen LogP contribution in [-0.4, -0.2) is 10.9 Å². The van der Waals surface area contributed by atoms with Crippen LogP contribution >= 0.6 is 22.7 Å². The molecule has 2 heterocycles. The minimum Gasteiger partial charge on any atom is -0.317 e. The fraction of sp³-hybridized carbons (Fsp3) is 0.368. The summed E-state index contributed by atoms with van der Waals surface area (Å²) < 4.78 is 1.19. The van der Waals surface area contributed by atoms with Crippen LogP contribution in [0.2, 0.25) is 0 Å². The number of aryl methyl sites for hydroxylation is 1. The van der Waals surface area contributed by atoms with Crippen molar-refractivity contribution < 1.29 is 4.79 Å². The highest BCUT2D eigenvalue weighted by atomic mass is 32.1. The Balaban J connectivity index is 1.83. The third kappa shape index (κ3) is 2.66. The molecule has 4 rings (SSSR count). The molecule has 1 aliphatic rings. The van der Waals surface area contributed by atoms with Crippen LogP contribution < -0.4 is 5.32 Å². The van der Waals surface area contributed by atoms with Gasteiger partial charge in [0.1, 0.15) is 10.0 Å². The fourth-order valence-corrected chi connectivity index (χ4v) is 5.38. The van der Waals surface area contributed by atoms with Gasteiger partial charge in [-0.25, -0.2) is 4.98 Å². The van der Waals surface area contributed by atoms with E-state index in [1.54, 1.807) is 22.7 Å². The van der Waals surface area contributed by atoms with Gasteiger partial charge in [-0.2, -0.15) is 0 Å². The van der Waals surface area contributed by atoms with E-state index in [-0.39, 0.29) is 5.91 Å². The van der Waals surface area contributed by atoms with Gasteiger partial charge in [0.05, 0.1) is 10.2 Å². The average Bonchev–Trinajstić information content (AvgIpc) is 3.18. The Morgan fingerprint density at radius 1 is 1.17 bits per heavy atom. The van der Waals surface area contributed by atoms with Crippen molar-refractivity contribution in [3.63, 3.8) is 0 Å². The number of hydrogen-bond donors (Lipinski definition) is 1. The van der Waals surface area contributed by atoms with E-state index in [1.807, 2.05) is 32.9 Å². The van der Waals surface area contributed by atoms with Crippen LogP contribution in [0.3, 0.4) is 0 Å². The van der Waals surface area contributed by atoms with Crippen molar-refractivity contribution in [1.82, 2.24) is 4.98 Å². The molecule has 1 aliphatic carbocycles. The predicted octanol–water partition coefficient (Wildman–Crippen LogP) is 5.50. The van der Waals surface area contributed by atoms with Gasteiger partial charge in [-0.3, -0.25) is 4.79 Å². The maximum absolute atomic E-state index is 12.5. The Hall–Kier alpha value is -1.72. The molecule has 0 saturated carbocycles. The number of thiophene rings is 1. The molecule has 0 radical (unpaired) electrons. The predicted molar refractivity (Wildman–Crippen MR) is 103 cm³/mol. The highest BCUT2D eigenvalue weighted by Gasteiger charge is 2.28. The second-order valence-corrected chi connectivity index (χ2v) is 9.39. The van der Waals surface area contributed by atoms with Gasteiger partial charge in [-0.05, 0) is 37.0 Å². The van der Waals surface area contributed by atoms with Crippen molar-refractivity contribution in [1.29, 1.82) is 0 Å². The number of nitrogens with zero attached hydrogens (tertiary/aromatic N) is 1. The molecule has 24 heavy (non-hydrogen) atoms. The standard InChI is InChI=1S/C19H20N2OS2/c1-19(2,3)18(22)21-17-15(11-7-6-10-13(11)23-17)16-20-12-8-4-5-9-14(12)24-16/h4-5,8-9H,6-7,10H2,1-3H3,(H,21,22). The first-order chi connectivity index (χ1) is 11.4. The van der Waals surface area contributed by atoms with E-state index in [0.717, 1.165) is 33.9 Å². The monoisotopic (exact) mass is 356 g/mol. The number of nitrogens with one attached hydrogen (secondary N) is 1. The number of para-hydroxylation sites is 1. The summed E-state index contributed by atoms with van der Waals surface area (Å²) in [5, 5.41) is 5.17. The van der Waals surface area contributed by atoms with Gasteiger partial charge in [0.2, 0.25) is 5.91 Å². The van der Waals surface area contributed by atoms with E-state index in [1.165, 1.54) is 21.6 Å². The minimum absolute atomic E-state index is 0.0600. The van der Waals surface area contributed by atoms with E-state index in [4.69, 9.17) is 4.98 Å². The molecule has 0 unspecified atom stereocenters. The maximum atomic E-state index is 12.5. The number of hydrogen-bond acceptors (Lipinski definition) is 4. The molecule has 2 aromatic heterocycles. The highest BCUT2D eigenvalue weighted by molar-refractivity contribution is 7.23. The quantitative estimate of drug-likeness (QED) is 0.659. The van der Waals surface area contributed by atoms with Gasteiger partial charge >= 0.3 is 0 Å². The zero-order chi connectivity index (χ0) is 16.9. The summed E-state index contributed by atoms with van der Waals surface area (Å²) >= 11 is 3.45. The first-order valence-electron chi connectivity index (χ1n) is 8.25. The molecule has 3 nitrogen and oxygen atoms in total. The number of carbonyl (C=O) groups excluding carboxylic acids is 1. The van der Waals surface area contributed by atoms with Crippen LogP contribution in [-0.2, 0) is 17.6 Å². The number of aromatic nitrogens is 1. The Labute approximate surface area is 149 Å². The van der Waals surface area contributed by atoms with Crippen molar-refractivity contribution in [2.75, 3.05) is 5.32 Å². The number of benzene rings is 1. The summed E-state index contributed by atoms with van der Waals surface area (Å²) in [6.45, 7) is 5.84. The number of anilines is 1. The fourth-order valence-electron chi connectivity index (χ4n) is 2.99. The van der Waals surface area contributed by atoms with Crippen molar-refractivity contribution >= 4 is 43.8 Å². The minimum atomic E-state index is -0.403. The van der Waals surface area contributed by atoms with E-state index >= 15 is 0 Å². The van der Waals surface area contributed by atoms with Crippen LogP contribution in [0, 0.1) is 5.41 Å². The molecule has 0 bridgehead atoms. The number of carbonyl (C=O) groups is 1. The summed E-state index contributed by atoms with van der Waals surface area (Å²) in [6, 6.07) is 8.22. The third-order valence-corrected chi connectivity index (χ3v) is 6.60. The molecule has 1 aromatic carbocycles. The van der Waals surface area contributed by atoms with Gasteiger partial charge < -0.3 is 5.32 Å². The first kappa shape index (κ1) is 15.8. The summed E-state index contributed by atoms with van der Waals surface area (Å²) in [7, 11) is 0. The van der Waals surface area contributed by atoms with E-state index < -0.39 is 5.41 Å². The summed E-state index contributed by atoms with van der Waals surface area (Å²) in [5.74, 6) is 0.0600. The molecule has 0 atom stereocenters. The molecule has 5 heteroatoms. The van der Waals surface area contributed by atoms with E-state index in [2.05, 4.69) is 17.4 Å². The number of fused-ring (bicyclic) bond motifs is 2. The van der Waals surface area contributed by atoms with Gasteiger partial charge in [0, 0.05) is 15.9 Å². The summed E-state index contributed by atoms with van der Waals surface area (Å²) in [5.41, 5.74) is 3.18. The number of rotatable bonds is 2. The number of amides is 1. The molecule has 3 aromatic rings. The SMILES string of the molecule is CC(C)(C)C(=O)Nc1sc2c(c1-c1nc3ccccc3s1)CCC2. The van der Waals surface area contributed by atoms with Crippen LogP contribution in [0.1, 0.15) is 37.6 Å². The largest absolute Gasteiger partial charge is 0.317 e. The summed E-state index contributed by atoms with van der Waals surface area (Å²) in [4.78, 5) is 18.7. The van der Waals surface area contributed by atoms with Gasteiger partial charge in [-0.1, -0.05) is 32.9 Å². The topological polar surface area (TPSA) is 42.0 Å². The lowest BCUT2D eigenvalue weighted by Gasteiger charge is -2.17. The van der Waals surface area contributed by atoms with Crippen molar-refractivity contribution in [2.45, 2.75) is 40.0 Å². The van der Waals surface area contributed by atoms with Crippen LogP contribution in [0.25, 0.3) is 20.8 Å².